The van der Waals surface area contributed by atoms with Crippen LogP contribution < -0.4 is 0 Å². The van der Waals surface area contributed by atoms with Gasteiger partial charge in [0.25, 0.3) is 0 Å². The van der Waals surface area contributed by atoms with Gasteiger partial charge in [0, 0.05) is 0 Å². The van der Waals surface area contributed by atoms with Gasteiger partial charge in [0.05, 0.1) is 0 Å². The topological polar surface area (TPSA) is 0 Å². The fraction of sp³-hybridized carbons (Fsp3) is 0.600. The second-order valence-electron chi connectivity index (χ2n) is 3.82. The average Bonchev–Trinajstić information content (AvgIpc) is 1.81. The molecule has 0 heterocycles. The van der Waals surface area contributed by atoms with E-state index in [-0.39, 0.29) is 0 Å². The first-order valence-electron chi connectivity index (χ1n) is 3.77. The molecule has 0 saturated carbocycles. The highest BCUT2D eigenvalue weighted by molar-refractivity contribution is 4.99. The third-order valence-electron chi connectivity index (χ3n) is 1.27. The van der Waals surface area contributed by atoms with E-state index in [0.717, 1.165) is 0 Å². The molecule has 0 radical (unpaired) electrons. The predicted octanol–water partition coefficient (Wildman–Crippen LogP) is 3.41. The minimum Gasteiger partial charge on any atom is -0.102 e. The summed E-state index contributed by atoms with van der Waals surface area (Å²) >= 11 is 0. The van der Waals surface area contributed by atoms with Gasteiger partial charge in [0.15, 0.2) is 0 Å². The van der Waals surface area contributed by atoms with Crippen molar-refractivity contribution < 1.29 is 0 Å². The molecule has 0 rings (SSSR count). The lowest BCUT2D eigenvalue weighted by atomic mass is 9.94. The highest BCUT2D eigenvalue weighted by atomic mass is 14.1. The van der Waals surface area contributed by atoms with Crippen LogP contribution in [-0.4, -0.2) is 0 Å². The molecule has 0 saturated heterocycles. The molecule has 10 heavy (non-hydrogen) atoms. The van der Waals surface area contributed by atoms with Crippen LogP contribution in [0.1, 0.15) is 27.7 Å². The van der Waals surface area contributed by atoms with E-state index >= 15 is 0 Å². The van der Waals surface area contributed by atoms with Gasteiger partial charge in [-0.3, -0.25) is 0 Å². The van der Waals surface area contributed by atoms with Crippen molar-refractivity contribution in [2.24, 2.45) is 11.3 Å². The first-order valence-corrected chi connectivity index (χ1v) is 3.77. The highest BCUT2D eigenvalue weighted by Crippen LogP contribution is 2.15. The third-order valence-corrected chi connectivity index (χ3v) is 1.27. The number of allylic oxidation sites excluding steroid dienone is 3. The first-order chi connectivity index (χ1) is 4.45. The number of rotatable bonds is 2. The molecule has 0 N–H and O–H groups in total. The molecule has 0 aromatic heterocycles. The molecule has 0 fully saturated rings. The van der Waals surface area contributed by atoms with E-state index in [4.69, 9.17) is 0 Å². The molecule has 1 atom stereocenters. The summed E-state index contributed by atoms with van der Waals surface area (Å²) < 4.78 is 0. The van der Waals surface area contributed by atoms with Crippen molar-refractivity contribution in [3.8, 4) is 0 Å². The van der Waals surface area contributed by atoms with Crippen molar-refractivity contribution in [3.63, 3.8) is 0 Å². The molecule has 0 aliphatic heterocycles. The van der Waals surface area contributed by atoms with Crippen LogP contribution in [0.3, 0.4) is 0 Å². The summed E-state index contributed by atoms with van der Waals surface area (Å²) in [6, 6.07) is 0. The molecule has 0 heteroatoms. The van der Waals surface area contributed by atoms with Crippen molar-refractivity contribution in [2.45, 2.75) is 27.7 Å². The van der Waals surface area contributed by atoms with E-state index < -0.39 is 0 Å². The molecule has 0 bridgehead atoms. The molecule has 0 aliphatic carbocycles. The summed E-state index contributed by atoms with van der Waals surface area (Å²) in [5.41, 5.74) is 0.303. The molecule has 0 aromatic carbocycles. The van der Waals surface area contributed by atoms with Gasteiger partial charge in [0.2, 0.25) is 0 Å². The molecule has 0 aromatic rings. The molecule has 58 valence electrons. The Labute approximate surface area is 64.6 Å². The lowest BCUT2D eigenvalue weighted by molar-refractivity contribution is 0.540. The van der Waals surface area contributed by atoms with Crippen molar-refractivity contribution in [2.75, 3.05) is 0 Å². The summed E-state index contributed by atoms with van der Waals surface area (Å²) in [7, 11) is 0. The fourth-order valence-corrected chi connectivity index (χ4v) is 0.519. The van der Waals surface area contributed by atoms with E-state index in [0.29, 0.717) is 11.3 Å². The van der Waals surface area contributed by atoms with E-state index in [1.54, 1.807) is 0 Å². The van der Waals surface area contributed by atoms with Crippen molar-refractivity contribution in [1.82, 2.24) is 0 Å². The van der Waals surface area contributed by atoms with Gasteiger partial charge in [-0.25, -0.2) is 0 Å². The predicted molar refractivity (Wildman–Crippen MR) is 48.0 cm³/mol. The maximum Gasteiger partial charge on any atom is -0.00844 e. The van der Waals surface area contributed by atoms with E-state index in [2.05, 4.69) is 46.4 Å². The standard InChI is InChI=1S/C10H18/c1-6-9(2)7-8-10(3,4)5/h6-9H,1H2,2-5H3/b8-7+. The van der Waals surface area contributed by atoms with Crippen LogP contribution in [0.2, 0.25) is 0 Å². The lowest BCUT2D eigenvalue weighted by Gasteiger charge is -2.11. The lowest BCUT2D eigenvalue weighted by Crippen LogP contribution is -1.99. The van der Waals surface area contributed by atoms with Crippen LogP contribution in [0.4, 0.5) is 0 Å². The van der Waals surface area contributed by atoms with Crippen LogP contribution in [-0.2, 0) is 0 Å². The summed E-state index contributed by atoms with van der Waals surface area (Å²) in [6.07, 6.45) is 6.36. The molecule has 0 amide bonds. The SMILES string of the molecule is C=CC(C)/C=C/C(C)(C)C. The highest BCUT2D eigenvalue weighted by Gasteiger charge is 2.03. The monoisotopic (exact) mass is 138 g/mol. The van der Waals surface area contributed by atoms with E-state index in [1.165, 1.54) is 0 Å². The van der Waals surface area contributed by atoms with Crippen molar-refractivity contribution in [3.05, 3.63) is 24.8 Å². The Morgan fingerprint density at radius 3 is 2.10 bits per heavy atom. The van der Waals surface area contributed by atoms with Gasteiger partial charge < -0.3 is 0 Å². The molecule has 0 aliphatic rings. The van der Waals surface area contributed by atoms with Gasteiger partial charge >= 0.3 is 0 Å². The number of hydrogen-bond donors (Lipinski definition) is 0. The van der Waals surface area contributed by atoms with Crippen LogP contribution >= 0.6 is 0 Å². The Kier molecular flexibility index (Phi) is 3.41. The minimum atomic E-state index is 0.303. The second kappa shape index (κ2) is 3.60. The summed E-state index contributed by atoms with van der Waals surface area (Å²) in [5, 5.41) is 0. The Morgan fingerprint density at radius 1 is 1.30 bits per heavy atom. The zero-order valence-electron chi connectivity index (χ0n) is 7.52. The van der Waals surface area contributed by atoms with Crippen LogP contribution in [0.25, 0.3) is 0 Å². The Morgan fingerprint density at radius 2 is 1.80 bits per heavy atom. The third kappa shape index (κ3) is 5.61. The maximum absolute atomic E-state index is 3.71. The molecule has 0 nitrogen and oxygen atoms in total. The Bertz CT molecular complexity index is 123. The number of hydrogen-bond acceptors (Lipinski definition) is 0. The van der Waals surface area contributed by atoms with Gasteiger partial charge in [-0.2, -0.15) is 0 Å². The van der Waals surface area contributed by atoms with Gasteiger partial charge in [-0.05, 0) is 11.3 Å². The molecule has 0 spiro atoms. The smallest absolute Gasteiger partial charge is 0.00844 e. The van der Waals surface area contributed by atoms with Crippen molar-refractivity contribution >= 4 is 0 Å². The van der Waals surface area contributed by atoms with E-state index in [1.807, 2.05) is 6.08 Å². The summed E-state index contributed by atoms with van der Waals surface area (Å²) in [4.78, 5) is 0. The van der Waals surface area contributed by atoms with Crippen LogP contribution in [0.15, 0.2) is 24.8 Å². The molecule has 1 unspecified atom stereocenters. The second-order valence-corrected chi connectivity index (χ2v) is 3.82. The van der Waals surface area contributed by atoms with Crippen molar-refractivity contribution in [1.29, 1.82) is 0 Å². The van der Waals surface area contributed by atoms with Crippen LogP contribution in [0.5, 0.6) is 0 Å². The quantitative estimate of drug-likeness (QED) is 0.513. The Hall–Kier alpha value is -0.520. The van der Waals surface area contributed by atoms with E-state index in [9.17, 15) is 0 Å². The van der Waals surface area contributed by atoms with Crippen LogP contribution in [0, 0.1) is 11.3 Å². The zero-order valence-corrected chi connectivity index (χ0v) is 7.52. The minimum absolute atomic E-state index is 0.303. The molecular formula is C10H18. The maximum atomic E-state index is 3.71. The van der Waals surface area contributed by atoms with Gasteiger partial charge in [0.1, 0.15) is 0 Å². The van der Waals surface area contributed by atoms with Gasteiger partial charge in [-0.1, -0.05) is 45.9 Å². The largest absolute Gasteiger partial charge is 0.102 e. The zero-order chi connectivity index (χ0) is 8.20. The Balaban J connectivity index is 3.87. The first kappa shape index (κ1) is 9.48. The normalized spacial score (nSPS) is 15.6. The molecular weight excluding hydrogens is 120 g/mol. The summed E-state index contributed by atoms with van der Waals surface area (Å²) in [6.45, 7) is 12.4. The average molecular weight is 138 g/mol. The summed E-state index contributed by atoms with van der Waals surface area (Å²) in [5.74, 6) is 0.499. The fourth-order valence-electron chi connectivity index (χ4n) is 0.519. The van der Waals surface area contributed by atoms with Gasteiger partial charge in [-0.15, -0.1) is 6.58 Å².